The van der Waals surface area contributed by atoms with Gasteiger partial charge < -0.3 is 5.73 Å². The second kappa shape index (κ2) is 1.82. The minimum Gasteiger partial charge on any atom is -0.329 e. The van der Waals surface area contributed by atoms with Crippen LogP contribution >= 0.6 is 0 Å². The minimum atomic E-state index is -0.0266. The van der Waals surface area contributed by atoms with Crippen LogP contribution in [0.25, 0.3) is 0 Å². The average Bonchev–Trinajstić information content (AvgIpc) is 2.84. The van der Waals surface area contributed by atoms with Crippen molar-refractivity contribution in [2.45, 2.75) is 25.7 Å². The summed E-state index contributed by atoms with van der Waals surface area (Å²) in [4.78, 5) is 11.4. The maximum atomic E-state index is 11.4. The van der Waals surface area contributed by atoms with Crippen LogP contribution in [-0.2, 0) is 4.79 Å². The minimum absolute atomic E-state index is 0.0266. The summed E-state index contributed by atoms with van der Waals surface area (Å²) >= 11 is 0. The van der Waals surface area contributed by atoms with Crippen molar-refractivity contribution in [1.82, 2.24) is 0 Å². The lowest BCUT2D eigenvalue weighted by Gasteiger charge is -2.08. The maximum Gasteiger partial charge on any atom is 0.143 e. The average molecular weight is 139 g/mol. The Bertz CT molecular complexity index is 168. The van der Waals surface area contributed by atoms with Gasteiger partial charge in [-0.3, -0.25) is 4.79 Å². The molecule has 0 spiro atoms. The fraction of sp³-hybridized carbons (Fsp3) is 0.875. The lowest BCUT2D eigenvalue weighted by molar-refractivity contribution is -0.125. The van der Waals surface area contributed by atoms with E-state index in [9.17, 15) is 4.79 Å². The van der Waals surface area contributed by atoms with E-state index in [0.717, 1.165) is 25.7 Å². The van der Waals surface area contributed by atoms with Gasteiger partial charge in [-0.1, -0.05) is 0 Å². The van der Waals surface area contributed by atoms with Gasteiger partial charge in [-0.25, -0.2) is 0 Å². The fourth-order valence-corrected chi connectivity index (χ4v) is 1.48. The van der Waals surface area contributed by atoms with Crippen molar-refractivity contribution >= 4 is 5.78 Å². The first-order chi connectivity index (χ1) is 4.78. The molecule has 0 heterocycles. The third-order valence-electron chi connectivity index (χ3n) is 2.72. The van der Waals surface area contributed by atoms with Crippen molar-refractivity contribution in [3.05, 3.63) is 0 Å². The summed E-state index contributed by atoms with van der Waals surface area (Å²) in [5.74, 6) is 0.876. The van der Waals surface area contributed by atoms with Crippen molar-refractivity contribution in [3.8, 4) is 0 Å². The molecule has 56 valence electrons. The van der Waals surface area contributed by atoms with Crippen molar-refractivity contribution < 1.29 is 4.79 Å². The van der Waals surface area contributed by atoms with Crippen LogP contribution < -0.4 is 5.73 Å². The highest BCUT2D eigenvalue weighted by Gasteiger charge is 2.52. The lowest BCUT2D eigenvalue weighted by atomic mass is 9.98. The van der Waals surface area contributed by atoms with Gasteiger partial charge in [0.25, 0.3) is 0 Å². The number of nitrogens with two attached hydrogens (primary N) is 1. The molecule has 0 saturated heterocycles. The van der Waals surface area contributed by atoms with Crippen LogP contribution in [0.5, 0.6) is 0 Å². The van der Waals surface area contributed by atoms with E-state index in [2.05, 4.69) is 0 Å². The number of hydrogen-bond acceptors (Lipinski definition) is 2. The molecule has 2 heteroatoms. The Morgan fingerprint density at radius 3 is 2.40 bits per heavy atom. The molecule has 0 radical (unpaired) electrons. The molecule has 0 amide bonds. The molecule has 2 aliphatic carbocycles. The fourth-order valence-electron chi connectivity index (χ4n) is 1.48. The molecule has 2 saturated carbocycles. The SMILES string of the molecule is NCC1(C(=O)C2CC2)CC1. The van der Waals surface area contributed by atoms with Gasteiger partial charge in [-0.05, 0) is 25.7 Å². The van der Waals surface area contributed by atoms with Gasteiger partial charge in [-0.2, -0.15) is 0 Å². The van der Waals surface area contributed by atoms with Crippen molar-refractivity contribution in [1.29, 1.82) is 0 Å². The third kappa shape index (κ3) is 0.788. The number of rotatable bonds is 3. The van der Waals surface area contributed by atoms with Crippen molar-refractivity contribution in [2.24, 2.45) is 17.1 Å². The standard InChI is InChI=1S/C8H13NO/c9-5-8(3-4-8)7(10)6-1-2-6/h6H,1-5,9H2. The summed E-state index contributed by atoms with van der Waals surface area (Å²) in [5.41, 5.74) is 5.49. The topological polar surface area (TPSA) is 43.1 Å². The summed E-state index contributed by atoms with van der Waals surface area (Å²) in [6.45, 7) is 0.586. The molecular formula is C8H13NO. The molecule has 2 aliphatic rings. The van der Waals surface area contributed by atoms with E-state index in [1.165, 1.54) is 0 Å². The van der Waals surface area contributed by atoms with Crippen LogP contribution in [0.3, 0.4) is 0 Å². The van der Waals surface area contributed by atoms with Crippen LogP contribution in [0.15, 0.2) is 0 Å². The molecule has 0 aromatic carbocycles. The van der Waals surface area contributed by atoms with E-state index in [1.54, 1.807) is 0 Å². The second-order valence-electron chi connectivity index (χ2n) is 3.62. The Morgan fingerprint density at radius 1 is 1.50 bits per heavy atom. The van der Waals surface area contributed by atoms with Crippen LogP contribution in [0.4, 0.5) is 0 Å². The maximum absolute atomic E-state index is 11.4. The molecule has 2 N–H and O–H groups in total. The number of hydrogen-bond donors (Lipinski definition) is 1. The summed E-state index contributed by atoms with van der Waals surface area (Å²) in [6.07, 6.45) is 4.36. The molecule has 0 bridgehead atoms. The van der Waals surface area contributed by atoms with E-state index in [-0.39, 0.29) is 5.41 Å². The number of ketones is 1. The monoisotopic (exact) mass is 139 g/mol. The van der Waals surface area contributed by atoms with Gasteiger partial charge in [-0.15, -0.1) is 0 Å². The highest BCUT2D eigenvalue weighted by molar-refractivity contribution is 5.91. The number of carbonyl (C=O) groups is 1. The van der Waals surface area contributed by atoms with E-state index in [1.807, 2.05) is 0 Å². The zero-order chi connectivity index (χ0) is 7.19. The highest BCUT2D eigenvalue weighted by Crippen LogP contribution is 2.51. The van der Waals surface area contributed by atoms with Crippen LogP contribution in [0.2, 0.25) is 0 Å². The Labute approximate surface area is 60.8 Å². The summed E-state index contributed by atoms with van der Waals surface area (Å²) in [6, 6.07) is 0. The van der Waals surface area contributed by atoms with Crippen molar-refractivity contribution in [3.63, 3.8) is 0 Å². The molecule has 0 aliphatic heterocycles. The largest absolute Gasteiger partial charge is 0.329 e. The first-order valence-corrected chi connectivity index (χ1v) is 4.03. The molecule has 2 rings (SSSR count). The Balaban J connectivity index is 2.02. The van der Waals surface area contributed by atoms with Gasteiger partial charge in [0.05, 0.1) is 0 Å². The zero-order valence-electron chi connectivity index (χ0n) is 6.10. The molecule has 0 unspecified atom stereocenters. The second-order valence-corrected chi connectivity index (χ2v) is 3.62. The van der Waals surface area contributed by atoms with Gasteiger partial charge in [0.2, 0.25) is 0 Å². The van der Waals surface area contributed by atoms with E-state index >= 15 is 0 Å². The summed E-state index contributed by atoms with van der Waals surface area (Å²) in [7, 11) is 0. The lowest BCUT2D eigenvalue weighted by Crippen LogP contribution is -2.26. The zero-order valence-corrected chi connectivity index (χ0v) is 6.10. The van der Waals surface area contributed by atoms with Gasteiger partial charge >= 0.3 is 0 Å². The molecule has 2 fully saturated rings. The summed E-state index contributed by atoms with van der Waals surface area (Å²) < 4.78 is 0. The molecular weight excluding hydrogens is 126 g/mol. The Morgan fingerprint density at radius 2 is 2.10 bits per heavy atom. The van der Waals surface area contributed by atoms with Gasteiger partial charge in [0.1, 0.15) is 5.78 Å². The normalized spacial score (nSPS) is 28.1. The smallest absolute Gasteiger partial charge is 0.143 e. The van der Waals surface area contributed by atoms with E-state index in [0.29, 0.717) is 18.2 Å². The molecule has 0 atom stereocenters. The predicted octanol–water partition coefficient (Wildman–Crippen LogP) is 0.704. The molecule has 0 aromatic heterocycles. The number of Topliss-reactive ketones (excluding diaryl/α,β-unsaturated/α-hetero) is 1. The molecule has 2 nitrogen and oxygen atoms in total. The predicted molar refractivity (Wildman–Crippen MR) is 38.5 cm³/mol. The molecule has 10 heavy (non-hydrogen) atoms. The van der Waals surface area contributed by atoms with Gasteiger partial charge in [0.15, 0.2) is 0 Å². The summed E-state index contributed by atoms with van der Waals surface area (Å²) in [5, 5.41) is 0. The van der Waals surface area contributed by atoms with Crippen LogP contribution in [-0.4, -0.2) is 12.3 Å². The highest BCUT2D eigenvalue weighted by atomic mass is 16.1. The van der Waals surface area contributed by atoms with Crippen LogP contribution in [0, 0.1) is 11.3 Å². The first-order valence-electron chi connectivity index (χ1n) is 4.03. The first kappa shape index (κ1) is 6.35. The Kier molecular flexibility index (Phi) is 1.15. The quantitative estimate of drug-likeness (QED) is 0.625. The molecule has 0 aromatic rings. The van der Waals surface area contributed by atoms with Crippen LogP contribution in [0.1, 0.15) is 25.7 Å². The van der Waals surface area contributed by atoms with Crippen molar-refractivity contribution in [2.75, 3.05) is 6.54 Å². The number of carbonyl (C=O) groups excluding carboxylic acids is 1. The van der Waals surface area contributed by atoms with E-state index < -0.39 is 0 Å². The third-order valence-corrected chi connectivity index (χ3v) is 2.72. The van der Waals surface area contributed by atoms with Gasteiger partial charge in [0, 0.05) is 17.9 Å². The Hall–Kier alpha value is -0.370. The van der Waals surface area contributed by atoms with E-state index in [4.69, 9.17) is 5.73 Å².